The molecule has 0 saturated carbocycles. The van der Waals surface area contributed by atoms with Gasteiger partial charge in [0.2, 0.25) is 5.91 Å². The average molecular weight is 397 g/mol. The highest BCUT2D eigenvalue weighted by Gasteiger charge is 2.11. The smallest absolute Gasteiger partial charge is 0.238 e. The summed E-state index contributed by atoms with van der Waals surface area (Å²) >= 11 is 12.0. The van der Waals surface area contributed by atoms with Crippen LogP contribution in [0.25, 0.3) is 0 Å². The number of halogens is 2. The van der Waals surface area contributed by atoms with Gasteiger partial charge in [-0.3, -0.25) is 9.69 Å². The summed E-state index contributed by atoms with van der Waals surface area (Å²) in [5.74, 6) is 1.24. The second kappa shape index (κ2) is 9.67. The molecule has 26 heavy (non-hydrogen) atoms. The van der Waals surface area contributed by atoms with Crippen LogP contribution in [0.3, 0.4) is 0 Å². The number of carbonyl (C=O) groups excluding carboxylic acids is 1. The van der Waals surface area contributed by atoms with Crippen molar-refractivity contribution in [1.82, 2.24) is 4.90 Å². The fourth-order valence-corrected chi connectivity index (χ4v) is 2.82. The van der Waals surface area contributed by atoms with Crippen LogP contribution < -0.4 is 14.8 Å². The standard InChI is InChI=1S/C19H22Cl2N2O3/c1-23(10-9-13-7-8-16(25-2)17(11-13)26-3)12-18(24)22-15-6-4-5-14(20)19(15)21/h4-8,11H,9-10,12H2,1-3H3,(H,22,24). The largest absolute Gasteiger partial charge is 0.493 e. The van der Waals surface area contributed by atoms with Crippen molar-refractivity contribution in [2.75, 3.05) is 39.7 Å². The Morgan fingerprint density at radius 3 is 2.54 bits per heavy atom. The lowest BCUT2D eigenvalue weighted by molar-refractivity contribution is -0.117. The third-order valence-corrected chi connectivity index (χ3v) is 4.69. The van der Waals surface area contributed by atoms with E-state index in [2.05, 4.69) is 5.32 Å². The van der Waals surface area contributed by atoms with Gasteiger partial charge in [-0.2, -0.15) is 0 Å². The maximum Gasteiger partial charge on any atom is 0.238 e. The van der Waals surface area contributed by atoms with Gasteiger partial charge >= 0.3 is 0 Å². The van der Waals surface area contributed by atoms with Crippen LogP contribution in [0.5, 0.6) is 11.5 Å². The zero-order chi connectivity index (χ0) is 19.1. The summed E-state index contributed by atoms with van der Waals surface area (Å²) in [6.45, 7) is 0.961. The van der Waals surface area contributed by atoms with Crippen LogP contribution in [0, 0.1) is 0 Å². The van der Waals surface area contributed by atoms with E-state index in [4.69, 9.17) is 32.7 Å². The Bertz CT molecular complexity index is 768. The minimum Gasteiger partial charge on any atom is -0.493 e. The normalized spacial score (nSPS) is 10.7. The summed E-state index contributed by atoms with van der Waals surface area (Å²) in [4.78, 5) is 14.1. The molecule has 0 aliphatic rings. The molecule has 1 N–H and O–H groups in total. The van der Waals surface area contributed by atoms with Crippen molar-refractivity contribution in [3.8, 4) is 11.5 Å². The number of hydrogen-bond acceptors (Lipinski definition) is 4. The fraction of sp³-hybridized carbons (Fsp3) is 0.316. The van der Waals surface area contributed by atoms with Gasteiger partial charge < -0.3 is 14.8 Å². The molecule has 0 spiro atoms. The van der Waals surface area contributed by atoms with Gasteiger partial charge in [-0.1, -0.05) is 35.3 Å². The quantitative estimate of drug-likeness (QED) is 0.728. The van der Waals surface area contributed by atoms with Crippen LogP contribution >= 0.6 is 23.2 Å². The van der Waals surface area contributed by atoms with Crippen LogP contribution in [0.1, 0.15) is 5.56 Å². The number of benzene rings is 2. The summed E-state index contributed by atoms with van der Waals surface area (Å²) in [7, 11) is 5.11. The Labute approximate surface area is 163 Å². The fourth-order valence-electron chi connectivity index (χ4n) is 2.47. The second-order valence-electron chi connectivity index (χ2n) is 5.83. The first-order chi connectivity index (χ1) is 12.4. The number of nitrogens with zero attached hydrogens (tertiary/aromatic N) is 1. The van der Waals surface area contributed by atoms with Crippen LogP contribution in [-0.4, -0.2) is 45.2 Å². The van der Waals surface area contributed by atoms with Crippen molar-refractivity contribution >= 4 is 34.8 Å². The zero-order valence-corrected chi connectivity index (χ0v) is 16.5. The molecule has 0 saturated heterocycles. The number of ether oxygens (including phenoxy) is 2. The van der Waals surface area contributed by atoms with Gasteiger partial charge in [-0.15, -0.1) is 0 Å². The maximum absolute atomic E-state index is 12.2. The minimum absolute atomic E-state index is 0.149. The molecule has 0 aliphatic carbocycles. The number of carbonyl (C=O) groups is 1. The first kappa shape index (κ1) is 20.4. The zero-order valence-electron chi connectivity index (χ0n) is 15.0. The molecule has 0 heterocycles. The number of methoxy groups -OCH3 is 2. The van der Waals surface area contributed by atoms with E-state index in [0.717, 1.165) is 12.0 Å². The highest BCUT2D eigenvalue weighted by atomic mass is 35.5. The Morgan fingerprint density at radius 2 is 1.85 bits per heavy atom. The molecule has 7 heteroatoms. The summed E-state index contributed by atoms with van der Waals surface area (Å²) in [6, 6.07) is 10.9. The van der Waals surface area contributed by atoms with Gasteiger partial charge in [0.05, 0.1) is 36.5 Å². The number of likely N-dealkylation sites (N-methyl/N-ethyl adjacent to an activating group) is 1. The lowest BCUT2D eigenvalue weighted by Crippen LogP contribution is -2.31. The monoisotopic (exact) mass is 396 g/mol. The molecule has 0 bridgehead atoms. The molecule has 0 radical (unpaired) electrons. The van der Waals surface area contributed by atoms with Crippen molar-refractivity contribution in [2.24, 2.45) is 0 Å². The molecule has 2 aromatic rings. The summed E-state index contributed by atoms with van der Waals surface area (Å²) in [6.07, 6.45) is 0.780. The Kier molecular flexibility index (Phi) is 7.57. The van der Waals surface area contributed by atoms with Gasteiger partial charge in [-0.25, -0.2) is 0 Å². The van der Waals surface area contributed by atoms with Crippen molar-refractivity contribution < 1.29 is 14.3 Å². The molecule has 0 unspecified atom stereocenters. The molecule has 0 fully saturated rings. The van der Waals surface area contributed by atoms with Crippen LogP contribution in [0.4, 0.5) is 5.69 Å². The van der Waals surface area contributed by atoms with Crippen LogP contribution in [0.15, 0.2) is 36.4 Å². The number of rotatable bonds is 8. The molecule has 0 aliphatic heterocycles. The van der Waals surface area contributed by atoms with E-state index >= 15 is 0 Å². The van der Waals surface area contributed by atoms with Crippen molar-refractivity contribution in [2.45, 2.75) is 6.42 Å². The van der Waals surface area contributed by atoms with E-state index in [9.17, 15) is 4.79 Å². The Morgan fingerprint density at radius 1 is 1.12 bits per heavy atom. The molecule has 140 valence electrons. The first-order valence-corrected chi connectivity index (χ1v) is 8.83. The summed E-state index contributed by atoms with van der Waals surface area (Å²) in [5.41, 5.74) is 1.62. The van der Waals surface area contributed by atoms with Gasteiger partial charge in [0.15, 0.2) is 11.5 Å². The number of anilines is 1. The SMILES string of the molecule is COc1ccc(CCN(C)CC(=O)Nc2cccc(Cl)c2Cl)cc1OC. The Balaban J connectivity index is 1.87. The van der Waals surface area contributed by atoms with Crippen molar-refractivity contribution in [1.29, 1.82) is 0 Å². The van der Waals surface area contributed by atoms with Gasteiger partial charge in [-0.05, 0) is 43.3 Å². The molecule has 5 nitrogen and oxygen atoms in total. The van der Waals surface area contributed by atoms with Gasteiger partial charge in [0, 0.05) is 6.54 Å². The number of hydrogen-bond donors (Lipinski definition) is 1. The molecular formula is C19H22Cl2N2O3. The number of nitrogens with one attached hydrogen (secondary N) is 1. The van der Waals surface area contributed by atoms with E-state index in [1.807, 2.05) is 30.1 Å². The lowest BCUT2D eigenvalue weighted by Gasteiger charge is -2.17. The predicted octanol–water partition coefficient (Wildman–Crippen LogP) is 4.12. The highest BCUT2D eigenvalue weighted by molar-refractivity contribution is 6.43. The number of amides is 1. The lowest BCUT2D eigenvalue weighted by atomic mass is 10.1. The van der Waals surface area contributed by atoms with Gasteiger partial charge in [0.25, 0.3) is 0 Å². The second-order valence-corrected chi connectivity index (χ2v) is 6.61. The van der Waals surface area contributed by atoms with E-state index in [-0.39, 0.29) is 12.5 Å². The van der Waals surface area contributed by atoms with Gasteiger partial charge in [0.1, 0.15) is 0 Å². The van der Waals surface area contributed by atoms with Crippen LogP contribution in [0.2, 0.25) is 10.0 Å². The minimum atomic E-state index is -0.149. The molecule has 1 amide bonds. The third kappa shape index (κ3) is 5.53. The topological polar surface area (TPSA) is 50.8 Å². The van der Waals surface area contributed by atoms with Crippen LogP contribution in [-0.2, 0) is 11.2 Å². The Hall–Kier alpha value is -1.95. The van der Waals surface area contributed by atoms with E-state index < -0.39 is 0 Å². The highest BCUT2D eigenvalue weighted by Crippen LogP contribution is 2.29. The summed E-state index contributed by atoms with van der Waals surface area (Å²) < 4.78 is 10.5. The van der Waals surface area contributed by atoms with E-state index in [1.54, 1.807) is 32.4 Å². The summed E-state index contributed by atoms with van der Waals surface area (Å²) in [5, 5.41) is 3.53. The third-order valence-electron chi connectivity index (χ3n) is 3.87. The maximum atomic E-state index is 12.2. The van der Waals surface area contributed by atoms with E-state index in [1.165, 1.54) is 0 Å². The first-order valence-electron chi connectivity index (χ1n) is 8.08. The molecule has 0 atom stereocenters. The average Bonchev–Trinajstić information content (AvgIpc) is 2.63. The molecule has 2 rings (SSSR count). The predicted molar refractivity (Wildman–Crippen MR) is 106 cm³/mol. The molecule has 0 aromatic heterocycles. The van der Waals surface area contributed by atoms with Crippen molar-refractivity contribution in [3.63, 3.8) is 0 Å². The van der Waals surface area contributed by atoms with E-state index in [0.29, 0.717) is 33.8 Å². The molecule has 2 aromatic carbocycles. The molecular weight excluding hydrogens is 375 g/mol. The van der Waals surface area contributed by atoms with Crippen molar-refractivity contribution in [3.05, 3.63) is 52.0 Å².